The number of carbonyl (C=O) groups is 4. The van der Waals surface area contributed by atoms with Crippen molar-refractivity contribution in [2.45, 2.75) is 12.1 Å². The number of hydrogen-bond acceptors (Lipinski definition) is 12. The highest BCUT2D eigenvalue weighted by Gasteiger charge is 2.47. The van der Waals surface area contributed by atoms with Crippen molar-refractivity contribution in [2.24, 2.45) is 0 Å². The number of hydrogen-bond donors (Lipinski definition) is 2. The molecule has 51 heavy (non-hydrogen) atoms. The lowest BCUT2D eigenvalue weighted by molar-refractivity contribution is -0.0723. The number of nitrogens with one attached hydrogen (secondary N) is 2. The van der Waals surface area contributed by atoms with Crippen molar-refractivity contribution in [2.75, 3.05) is 36.8 Å². The summed E-state index contributed by atoms with van der Waals surface area (Å²) in [7, 11) is -4.99. The average Bonchev–Trinajstić information content (AvgIpc) is 3.91. The number of fused-ring (bicyclic) bond motifs is 4. The molecule has 4 bridgehead atoms. The van der Waals surface area contributed by atoms with Crippen LogP contribution in [0.2, 0.25) is 0 Å². The number of carbonyl (C=O) groups excluding carboxylic acids is 4. The molecule has 2 fully saturated rings. The Morgan fingerprint density at radius 2 is 1.14 bits per heavy atom. The van der Waals surface area contributed by atoms with Gasteiger partial charge in [-0.25, -0.2) is 28.9 Å². The lowest BCUT2D eigenvalue weighted by Gasteiger charge is -2.22. The minimum atomic E-state index is -4.99. The normalized spacial score (nSPS) is 19.7. The van der Waals surface area contributed by atoms with Crippen molar-refractivity contribution in [1.29, 1.82) is 0 Å². The van der Waals surface area contributed by atoms with Crippen molar-refractivity contribution >= 4 is 57.3 Å². The van der Waals surface area contributed by atoms with Crippen LogP contribution in [0.15, 0.2) is 85.5 Å². The first-order chi connectivity index (χ1) is 24.6. The summed E-state index contributed by atoms with van der Waals surface area (Å²) in [6.45, 7) is 0.328. The molecular weight excluding hydrogens is 688 g/mol. The van der Waals surface area contributed by atoms with Gasteiger partial charge in [0.15, 0.2) is 11.4 Å². The second-order valence-corrected chi connectivity index (χ2v) is 12.7. The Morgan fingerprint density at radius 1 is 0.686 bits per heavy atom. The number of urea groups is 2. The Labute approximate surface area is 288 Å². The van der Waals surface area contributed by atoms with E-state index in [9.17, 15) is 27.6 Å². The fourth-order valence-electron chi connectivity index (χ4n) is 5.89. The van der Waals surface area contributed by atoms with Crippen LogP contribution in [0.25, 0.3) is 11.4 Å². The van der Waals surface area contributed by atoms with Gasteiger partial charge in [0.1, 0.15) is 23.7 Å². The molecule has 0 spiro atoms. The van der Waals surface area contributed by atoms with Crippen molar-refractivity contribution in [3.8, 4) is 0 Å². The Morgan fingerprint density at radius 3 is 1.55 bits per heavy atom. The minimum absolute atomic E-state index is 0.0498. The number of hydroxylamine groups is 4. The molecule has 2 saturated heterocycles. The molecule has 6 amide bonds. The highest BCUT2D eigenvalue weighted by atomic mass is 32.3. The van der Waals surface area contributed by atoms with Gasteiger partial charge < -0.3 is 20.4 Å². The topological polar surface area (TPSA) is 219 Å². The van der Waals surface area contributed by atoms with Gasteiger partial charge in [0.2, 0.25) is 0 Å². The number of anilines is 2. The van der Waals surface area contributed by atoms with Crippen molar-refractivity contribution in [3.05, 3.63) is 96.9 Å². The minimum Gasteiger partial charge on any atom is -0.314 e. The van der Waals surface area contributed by atoms with E-state index in [1.807, 2.05) is 0 Å². The first-order valence-electron chi connectivity index (χ1n) is 15.4. The molecule has 0 aliphatic carbocycles. The molecule has 4 aliphatic heterocycles. The van der Waals surface area contributed by atoms with E-state index in [2.05, 4.69) is 30.8 Å². The monoisotopic (exact) mass is 714 g/mol. The Balaban J connectivity index is 0.926. The van der Waals surface area contributed by atoms with Crippen LogP contribution < -0.4 is 10.6 Å². The molecule has 8 heterocycles. The van der Waals surface area contributed by atoms with Gasteiger partial charge in [-0.1, -0.05) is 12.1 Å². The molecule has 2 atom stereocenters. The predicted octanol–water partition coefficient (Wildman–Crippen LogP) is 1.10. The average molecular weight is 715 g/mol. The molecule has 20 nitrogen and oxygen atoms in total. The molecule has 0 saturated carbocycles. The Kier molecular flexibility index (Phi) is 7.77. The Hall–Kier alpha value is -6.45. The summed E-state index contributed by atoms with van der Waals surface area (Å²) < 4.78 is 39.3. The van der Waals surface area contributed by atoms with Gasteiger partial charge in [-0.05, 0) is 48.6 Å². The Bertz CT molecular complexity index is 2070. The van der Waals surface area contributed by atoms with E-state index in [1.54, 1.807) is 48.6 Å². The molecule has 8 rings (SSSR count). The summed E-state index contributed by atoms with van der Waals surface area (Å²) in [6, 6.07) is 9.89. The van der Waals surface area contributed by atoms with Crippen molar-refractivity contribution in [1.82, 2.24) is 49.5 Å². The summed E-state index contributed by atoms with van der Waals surface area (Å²) in [5.74, 6) is -0.283. The van der Waals surface area contributed by atoms with Crippen LogP contribution >= 0.6 is 0 Å². The van der Waals surface area contributed by atoms with Gasteiger partial charge in [-0.2, -0.15) is 28.7 Å². The molecule has 2 N–H and O–H groups in total. The highest BCUT2D eigenvalue weighted by Crippen LogP contribution is 2.31. The molecule has 21 heteroatoms. The van der Waals surface area contributed by atoms with E-state index in [0.29, 0.717) is 33.2 Å². The van der Waals surface area contributed by atoms with Crippen molar-refractivity contribution in [3.63, 3.8) is 0 Å². The van der Waals surface area contributed by atoms with Gasteiger partial charge in [-0.15, -0.1) is 8.57 Å². The molecule has 260 valence electrons. The lowest BCUT2D eigenvalue weighted by Crippen LogP contribution is -2.40. The van der Waals surface area contributed by atoms with Gasteiger partial charge in [0.05, 0.1) is 24.5 Å². The summed E-state index contributed by atoms with van der Waals surface area (Å²) in [5, 5.41) is 15.2. The maximum absolute atomic E-state index is 13.1. The summed E-state index contributed by atoms with van der Waals surface area (Å²) >= 11 is 0. The van der Waals surface area contributed by atoms with Gasteiger partial charge >= 0.3 is 22.5 Å². The lowest BCUT2D eigenvalue weighted by atomic mass is 10.2. The SMILES string of the molecule is O=C(Nc1ccccn1)c1ccn(C2=CC3CN(C2)C(=O)N3OS(=O)(=O)ON2C(=O)N3CC(n4ccc(C(=O)Nc5ccccn5)n4)=CC2C3)n1. The van der Waals surface area contributed by atoms with E-state index in [0.717, 1.165) is 0 Å². The van der Waals surface area contributed by atoms with E-state index < -0.39 is 46.4 Å². The fourth-order valence-corrected chi connectivity index (χ4v) is 6.66. The first-order valence-corrected chi connectivity index (χ1v) is 16.7. The van der Waals surface area contributed by atoms with Crippen LogP contribution in [0.4, 0.5) is 21.2 Å². The molecule has 0 aromatic carbocycles. The van der Waals surface area contributed by atoms with Crippen LogP contribution in [-0.4, -0.2) is 120 Å². The zero-order chi connectivity index (χ0) is 35.3. The van der Waals surface area contributed by atoms with Gasteiger partial charge in [-0.3, -0.25) is 9.59 Å². The number of aromatic nitrogens is 6. The maximum atomic E-state index is 13.1. The fraction of sp³-hybridized carbons (Fsp3) is 0.200. The number of pyridine rings is 2. The van der Waals surface area contributed by atoms with Gasteiger partial charge in [0.25, 0.3) is 11.8 Å². The second kappa shape index (κ2) is 12.5. The van der Waals surface area contributed by atoms with Crippen LogP contribution in [0.1, 0.15) is 21.0 Å². The number of amides is 6. The third-order valence-electron chi connectivity index (χ3n) is 8.20. The largest absolute Gasteiger partial charge is 0.442 e. The number of nitrogens with zero attached hydrogens (tertiary/aromatic N) is 10. The zero-order valence-corrected chi connectivity index (χ0v) is 27.0. The van der Waals surface area contributed by atoms with Crippen LogP contribution in [0.3, 0.4) is 0 Å². The summed E-state index contributed by atoms with van der Waals surface area (Å²) in [5.41, 5.74) is 1.17. The standard InChI is InChI=1S/C30H26N12O8S/c43-27(33-25-5-1-3-9-31-25)23-7-11-39(35-23)19-13-21-17-37(15-19)29(45)41(21)49-51(47,48)50-42-22-14-20(16-38(18-22)30(42)46)40-12-8-24(36-40)28(44)34-26-6-2-4-10-32-26/h1-14,21-22H,15-18H2,(H,31,33,43)(H,32,34,44). The third-order valence-corrected chi connectivity index (χ3v) is 8.89. The molecule has 4 aromatic heterocycles. The number of rotatable bonds is 10. The summed E-state index contributed by atoms with van der Waals surface area (Å²) in [4.78, 5) is 62.3. The molecule has 4 aromatic rings. The quantitative estimate of drug-likeness (QED) is 0.236. The molecular formula is C30H26N12O8S. The highest BCUT2D eigenvalue weighted by molar-refractivity contribution is 7.81. The van der Waals surface area contributed by atoms with E-state index >= 15 is 0 Å². The van der Waals surface area contributed by atoms with Crippen LogP contribution in [0, 0.1) is 0 Å². The third kappa shape index (κ3) is 6.26. The van der Waals surface area contributed by atoms with Gasteiger partial charge in [0, 0.05) is 37.9 Å². The maximum Gasteiger partial charge on any atom is 0.442 e. The molecule has 0 radical (unpaired) electrons. The smallest absolute Gasteiger partial charge is 0.314 e. The van der Waals surface area contributed by atoms with E-state index in [1.165, 1.54) is 56.1 Å². The summed E-state index contributed by atoms with van der Waals surface area (Å²) in [6.07, 6.45) is 9.33. The first kappa shape index (κ1) is 31.8. The molecule has 4 aliphatic rings. The van der Waals surface area contributed by atoms with Crippen LogP contribution in [-0.2, 0) is 19.0 Å². The molecule has 2 unspecified atom stereocenters. The second-order valence-electron chi connectivity index (χ2n) is 11.6. The zero-order valence-electron chi connectivity index (χ0n) is 26.2. The van der Waals surface area contributed by atoms with Crippen molar-refractivity contribution < 1.29 is 36.2 Å². The van der Waals surface area contributed by atoms with E-state index in [-0.39, 0.29) is 37.6 Å². The van der Waals surface area contributed by atoms with E-state index in [4.69, 9.17) is 8.57 Å². The predicted molar refractivity (Wildman–Crippen MR) is 174 cm³/mol. The van der Waals surface area contributed by atoms with Crippen LogP contribution in [0.5, 0.6) is 0 Å².